The van der Waals surface area contributed by atoms with Crippen LogP contribution in [0.3, 0.4) is 0 Å². The van der Waals surface area contributed by atoms with Crippen LogP contribution in [-0.4, -0.2) is 23.5 Å². The molecule has 0 aromatic rings. The first-order valence-electron chi connectivity index (χ1n) is 3.44. The summed E-state index contributed by atoms with van der Waals surface area (Å²) in [7, 11) is 0. The Morgan fingerprint density at radius 3 is 3.17 bits per heavy atom. The van der Waals surface area contributed by atoms with E-state index in [0.29, 0.717) is 17.7 Å². The normalized spacial score (nSPS) is 19.5. The Kier molecular flexibility index (Phi) is 1.36. The van der Waals surface area contributed by atoms with Crippen LogP contribution in [0.15, 0.2) is 27.0 Å². The third kappa shape index (κ3) is 0.952. The van der Waals surface area contributed by atoms with Crippen molar-refractivity contribution in [3.63, 3.8) is 0 Å². The molecule has 2 aliphatic rings. The maximum absolute atomic E-state index is 10.7. The highest BCUT2D eigenvalue weighted by molar-refractivity contribution is 6.65. The lowest BCUT2D eigenvalue weighted by atomic mass is 10.0. The van der Waals surface area contributed by atoms with E-state index >= 15 is 0 Å². The average Bonchev–Trinajstić information content (AvgIpc) is 2.49. The van der Waals surface area contributed by atoms with Gasteiger partial charge in [-0.1, -0.05) is 0 Å². The molecule has 2 heterocycles. The molecule has 2 N–H and O–H groups in total. The maximum atomic E-state index is 10.7. The predicted molar refractivity (Wildman–Crippen MR) is 45.3 cm³/mol. The van der Waals surface area contributed by atoms with Crippen LogP contribution in [-0.2, 0) is 4.79 Å². The van der Waals surface area contributed by atoms with E-state index in [0.717, 1.165) is 5.71 Å². The van der Waals surface area contributed by atoms with Crippen LogP contribution >= 0.6 is 0 Å². The molecule has 0 fully saturated rings. The largest absolute Gasteiger partial charge is 0.366 e. The molecule has 60 valence electrons. The van der Waals surface area contributed by atoms with Crippen molar-refractivity contribution in [2.75, 3.05) is 0 Å². The highest BCUT2D eigenvalue weighted by Crippen LogP contribution is 2.12. The van der Waals surface area contributed by atoms with E-state index in [1.165, 1.54) is 6.20 Å². The number of hydrogen-bond donors (Lipinski definition) is 1. The summed E-state index contributed by atoms with van der Waals surface area (Å²) >= 11 is 0. The second-order valence-electron chi connectivity index (χ2n) is 2.50. The van der Waals surface area contributed by atoms with Gasteiger partial charge in [0.15, 0.2) is 0 Å². The lowest BCUT2D eigenvalue weighted by Crippen LogP contribution is -2.22. The zero-order chi connectivity index (χ0) is 8.55. The Morgan fingerprint density at radius 1 is 1.58 bits per heavy atom. The van der Waals surface area contributed by atoms with Crippen molar-refractivity contribution in [2.45, 2.75) is 6.42 Å². The Morgan fingerprint density at radius 2 is 2.42 bits per heavy atom. The Hall–Kier alpha value is -1.78. The lowest BCUT2D eigenvalue weighted by molar-refractivity contribution is -0.114. The number of hydrogen-bond acceptors (Lipinski definition) is 4. The van der Waals surface area contributed by atoms with Crippen LogP contribution in [0.25, 0.3) is 0 Å². The number of primary amides is 1. The molecule has 0 aliphatic carbocycles. The van der Waals surface area contributed by atoms with Crippen LogP contribution in [0.1, 0.15) is 6.42 Å². The van der Waals surface area contributed by atoms with E-state index in [2.05, 4.69) is 15.2 Å². The number of rotatable bonds is 1. The van der Waals surface area contributed by atoms with Crippen molar-refractivity contribution in [1.29, 1.82) is 0 Å². The zero-order valence-electron chi connectivity index (χ0n) is 6.19. The highest BCUT2D eigenvalue weighted by Gasteiger charge is 2.19. The summed E-state index contributed by atoms with van der Waals surface area (Å²) in [6.07, 6.45) is 3.46. The number of amides is 1. The van der Waals surface area contributed by atoms with Gasteiger partial charge in [-0.25, -0.2) is 0 Å². The SMILES string of the molecule is NC(=O)C1=CN=C2C=NN=C2C1. The van der Waals surface area contributed by atoms with Crippen molar-refractivity contribution in [3.05, 3.63) is 11.8 Å². The van der Waals surface area contributed by atoms with Crippen LogP contribution in [0.2, 0.25) is 0 Å². The number of nitrogens with two attached hydrogens (primary N) is 1. The van der Waals surface area contributed by atoms with Crippen LogP contribution < -0.4 is 5.73 Å². The van der Waals surface area contributed by atoms with Gasteiger partial charge in [-0.3, -0.25) is 9.79 Å². The highest BCUT2D eigenvalue weighted by atomic mass is 16.1. The minimum absolute atomic E-state index is 0.439. The fraction of sp³-hybridized carbons (Fsp3) is 0.143. The van der Waals surface area contributed by atoms with Crippen molar-refractivity contribution in [2.24, 2.45) is 20.9 Å². The summed E-state index contributed by atoms with van der Waals surface area (Å²) in [5.41, 5.74) is 6.99. The van der Waals surface area contributed by atoms with E-state index in [1.54, 1.807) is 6.21 Å². The van der Waals surface area contributed by atoms with E-state index in [-0.39, 0.29) is 0 Å². The molecule has 0 radical (unpaired) electrons. The molecule has 0 bridgehead atoms. The molecule has 12 heavy (non-hydrogen) atoms. The smallest absolute Gasteiger partial charge is 0.246 e. The summed E-state index contributed by atoms with van der Waals surface area (Å²) in [6, 6.07) is 0. The van der Waals surface area contributed by atoms with Gasteiger partial charge in [0.05, 0.1) is 11.9 Å². The van der Waals surface area contributed by atoms with Gasteiger partial charge in [0.25, 0.3) is 0 Å². The van der Waals surface area contributed by atoms with Crippen molar-refractivity contribution in [3.8, 4) is 0 Å². The van der Waals surface area contributed by atoms with Crippen molar-refractivity contribution in [1.82, 2.24) is 0 Å². The fourth-order valence-corrected chi connectivity index (χ4v) is 1.04. The average molecular weight is 162 g/mol. The second-order valence-corrected chi connectivity index (χ2v) is 2.50. The molecule has 0 saturated carbocycles. The molecular weight excluding hydrogens is 156 g/mol. The standard InChI is InChI=1S/C7H6N4O/c8-7(12)4-1-5-6(9-2-4)3-10-11-5/h2-3H,1H2,(H2,8,12). The van der Waals surface area contributed by atoms with E-state index in [9.17, 15) is 4.79 Å². The molecular formula is C7H6N4O. The van der Waals surface area contributed by atoms with Crippen LogP contribution in [0.4, 0.5) is 0 Å². The fourth-order valence-electron chi connectivity index (χ4n) is 1.04. The summed E-state index contributed by atoms with van der Waals surface area (Å²) in [6.45, 7) is 0. The predicted octanol–water partition coefficient (Wildman–Crippen LogP) is -0.359. The topological polar surface area (TPSA) is 80.2 Å². The van der Waals surface area contributed by atoms with Gasteiger partial charge < -0.3 is 5.73 Å². The summed E-state index contributed by atoms with van der Waals surface area (Å²) in [5.74, 6) is -0.451. The molecule has 0 aromatic heterocycles. The van der Waals surface area contributed by atoms with Gasteiger partial charge in [-0.2, -0.15) is 10.2 Å². The molecule has 0 spiro atoms. The molecule has 5 heteroatoms. The Balaban J connectivity index is 2.33. The third-order valence-electron chi connectivity index (χ3n) is 1.69. The molecule has 1 amide bonds. The third-order valence-corrected chi connectivity index (χ3v) is 1.69. The first kappa shape index (κ1) is 6.90. The first-order chi connectivity index (χ1) is 5.77. The van der Waals surface area contributed by atoms with Crippen molar-refractivity contribution >= 4 is 23.5 Å². The van der Waals surface area contributed by atoms with Gasteiger partial charge in [-0.05, 0) is 0 Å². The molecule has 2 aliphatic heterocycles. The summed E-state index contributed by atoms with van der Waals surface area (Å²) < 4.78 is 0. The minimum Gasteiger partial charge on any atom is -0.366 e. The van der Waals surface area contributed by atoms with Gasteiger partial charge in [0.1, 0.15) is 5.71 Å². The molecule has 0 saturated heterocycles. The monoisotopic (exact) mass is 162 g/mol. The molecule has 5 nitrogen and oxygen atoms in total. The molecule has 2 rings (SSSR count). The summed E-state index contributed by atoms with van der Waals surface area (Å²) in [5, 5.41) is 7.47. The summed E-state index contributed by atoms with van der Waals surface area (Å²) in [4.78, 5) is 14.7. The lowest BCUT2D eigenvalue weighted by Gasteiger charge is -2.06. The van der Waals surface area contributed by atoms with E-state index in [4.69, 9.17) is 5.73 Å². The quantitative estimate of drug-likeness (QED) is 0.561. The van der Waals surface area contributed by atoms with Crippen LogP contribution in [0, 0.1) is 0 Å². The van der Waals surface area contributed by atoms with Gasteiger partial charge in [0, 0.05) is 18.2 Å². The number of nitrogens with zero attached hydrogens (tertiary/aromatic N) is 3. The number of aliphatic imine (C=N–C) groups is 1. The molecule has 0 atom stereocenters. The molecule has 0 aromatic carbocycles. The van der Waals surface area contributed by atoms with E-state index in [1.807, 2.05) is 0 Å². The minimum atomic E-state index is -0.451. The zero-order valence-corrected chi connectivity index (χ0v) is 6.19. The Labute approximate surface area is 68.4 Å². The van der Waals surface area contributed by atoms with Gasteiger partial charge in [0.2, 0.25) is 5.91 Å². The number of carbonyl (C=O) groups excluding carboxylic acids is 1. The first-order valence-corrected chi connectivity index (χ1v) is 3.44. The number of carbonyl (C=O) groups is 1. The van der Waals surface area contributed by atoms with Gasteiger partial charge in [-0.15, -0.1) is 0 Å². The van der Waals surface area contributed by atoms with E-state index < -0.39 is 5.91 Å². The van der Waals surface area contributed by atoms with Gasteiger partial charge >= 0.3 is 0 Å². The van der Waals surface area contributed by atoms with Crippen molar-refractivity contribution < 1.29 is 4.79 Å². The molecule has 0 unspecified atom stereocenters. The van der Waals surface area contributed by atoms with Crippen LogP contribution in [0.5, 0.6) is 0 Å². The maximum Gasteiger partial charge on any atom is 0.246 e. The Bertz CT molecular complexity index is 362. The second kappa shape index (κ2) is 2.37. The number of fused-ring (bicyclic) bond motifs is 1.